The lowest BCUT2D eigenvalue weighted by Crippen LogP contribution is -2.21. The molecule has 0 spiro atoms. The zero-order valence-corrected chi connectivity index (χ0v) is 21.9. The predicted molar refractivity (Wildman–Crippen MR) is 139 cm³/mol. The first kappa shape index (κ1) is 25.5. The number of methoxy groups -OCH3 is 2. The van der Waals surface area contributed by atoms with Gasteiger partial charge in [0.1, 0.15) is 0 Å². The molecule has 3 rings (SSSR count). The summed E-state index contributed by atoms with van der Waals surface area (Å²) < 4.78 is 13.5. The summed E-state index contributed by atoms with van der Waals surface area (Å²) in [7, 11) is 3.15. The molecule has 0 aliphatic rings. The number of nitrogens with one attached hydrogen (secondary N) is 1. The second kappa shape index (κ2) is 11.8. The van der Waals surface area contributed by atoms with Crippen LogP contribution in [0.3, 0.4) is 0 Å². The maximum atomic E-state index is 12.5. The second-order valence-corrected chi connectivity index (χ2v) is 9.31. The van der Waals surface area contributed by atoms with Gasteiger partial charge in [-0.05, 0) is 44.2 Å². The summed E-state index contributed by atoms with van der Waals surface area (Å²) in [6, 6.07) is 13.3. The Hall–Kier alpha value is -3.11. The molecule has 1 amide bonds. The number of thioether (sulfide) groups is 1. The van der Waals surface area contributed by atoms with Gasteiger partial charge in [0, 0.05) is 22.1 Å². The van der Waals surface area contributed by atoms with E-state index in [4.69, 9.17) is 9.47 Å². The minimum Gasteiger partial charge on any atom is -0.493 e. The Morgan fingerprint density at radius 1 is 1.12 bits per heavy atom. The first-order valence-corrected chi connectivity index (χ1v) is 12.1. The molecule has 0 bridgehead atoms. The summed E-state index contributed by atoms with van der Waals surface area (Å²) in [6.07, 6.45) is 0. The Morgan fingerprint density at radius 3 is 2.47 bits per heavy atom. The van der Waals surface area contributed by atoms with Gasteiger partial charge in [-0.2, -0.15) is 5.10 Å². The van der Waals surface area contributed by atoms with Gasteiger partial charge in [0.2, 0.25) is 0 Å². The van der Waals surface area contributed by atoms with E-state index in [1.165, 1.54) is 11.8 Å². The molecule has 0 saturated heterocycles. The van der Waals surface area contributed by atoms with E-state index in [2.05, 4.69) is 43.2 Å². The lowest BCUT2D eigenvalue weighted by atomic mass is 10.1. The van der Waals surface area contributed by atoms with E-state index in [0.717, 1.165) is 27.0 Å². The molecular weight excluding hydrogens is 518 g/mol. The molecule has 3 aromatic rings. The summed E-state index contributed by atoms with van der Waals surface area (Å²) in [5.74, 6) is 1.83. The fourth-order valence-electron chi connectivity index (χ4n) is 3.05. The highest BCUT2D eigenvalue weighted by Gasteiger charge is 2.16. The number of hydrogen-bond donors (Lipinski definition) is 1. The topological polar surface area (TPSA) is 90.6 Å². The van der Waals surface area contributed by atoms with Gasteiger partial charge in [-0.15, -0.1) is 10.2 Å². The van der Waals surface area contributed by atoms with Crippen molar-refractivity contribution in [1.29, 1.82) is 0 Å². The SMILES string of the molecule is C=C(C)Cn1c(SCC(=O)N/N=C(/C)c2ccc(OC)c(OC)c2)nnc1-c1ccc(Br)cc1. The van der Waals surface area contributed by atoms with Crippen LogP contribution in [0.5, 0.6) is 11.5 Å². The number of carbonyl (C=O) groups is 1. The Balaban J connectivity index is 1.68. The van der Waals surface area contributed by atoms with Crippen LogP contribution in [0, 0.1) is 0 Å². The molecule has 0 fully saturated rings. The van der Waals surface area contributed by atoms with Gasteiger partial charge in [-0.1, -0.05) is 52.0 Å². The number of rotatable bonds is 10. The summed E-state index contributed by atoms with van der Waals surface area (Å²) >= 11 is 4.74. The van der Waals surface area contributed by atoms with Crippen LogP contribution in [-0.4, -0.2) is 46.4 Å². The van der Waals surface area contributed by atoms with E-state index < -0.39 is 0 Å². The van der Waals surface area contributed by atoms with Crippen LogP contribution in [-0.2, 0) is 11.3 Å². The Morgan fingerprint density at radius 2 is 1.82 bits per heavy atom. The molecule has 1 N–H and O–H groups in total. The predicted octanol–water partition coefficient (Wildman–Crippen LogP) is 4.93. The van der Waals surface area contributed by atoms with Crippen LogP contribution < -0.4 is 14.9 Å². The number of ether oxygens (including phenoxy) is 2. The van der Waals surface area contributed by atoms with Crippen molar-refractivity contribution in [3.8, 4) is 22.9 Å². The van der Waals surface area contributed by atoms with Gasteiger partial charge in [0.25, 0.3) is 5.91 Å². The molecule has 1 heterocycles. The zero-order valence-electron chi connectivity index (χ0n) is 19.5. The quantitative estimate of drug-likeness (QED) is 0.169. The van der Waals surface area contributed by atoms with Crippen LogP contribution in [0.25, 0.3) is 11.4 Å². The fraction of sp³-hybridized carbons (Fsp3) is 0.250. The third-order valence-corrected chi connectivity index (χ3v) is 6.22. The lowest BCUT2D eigenvalue weighted by Gasteiger charge is -2.10. The van der Waals surface area contributed by atoms with Crippen molar-refractivity contribution < 1.29 is 14.3 Å². The third kappa shape index (κ3) is 6.48. The minimum absolute atomic E-state index is 0.136. The van der Waals surface area contributed by atoms with Crippen molar-refractivity contribution in [1.82, 2.24) is 20.2 Å². The van der Waals surface area contributed by atoms with Gasteiger partial charge < -0.3 is 9.47 Å². The Bertz CT molecular complexity index is 1210. The number of carbonyl (C=O) groups excluding carboxylic acids is 1. The number of benzene rings is 2. The molecule has 8 nitrogen and oxygen atoms in total. The molecule has 0 saturated carbocycles. The zero-order chi connectivity index (χ0) is 24.7. The molecule has 34 heavy (non-hydrogen) atoms. The molecule has 0 unspecified atom stereocenters. The molecule has 0 atom stereocenters. The molecule has 2 aromatic carbocycles. The lowest BCUT2D eigenvalue weighted by molar-refractivity contribution is -0.118. The minimum atomic E-state index is -0.250. The standard InChI is InChI=1S/C24H26BrN5O3S/c1-15(2)13-30-23(17-6-9-19(25)10-7-17)28-29-24(30)34-14-22(31)27-26-16(3)18-8-11-20(32-4)21(12-18)33-5/h6-12H,1,13-14H2,2-5H3,(H,27,31)/b26-16-. The second-order valence-electron chi connectivity index (χ2n) is 7.45. The number of allylic oxidation sites excluding steroid dienone is 1. The maximum absolute atomic E-state index is 12.5. The highest BCUT2D eigenvalue weighted by Crippen LogP contribution is 2.28. The molecular formula is C24H26BrN5O3S. The van der Waals surface area contributed by atoms with Crippen LogP contribution in [0.2, 0.25) is 0 Å². The van der Waals surface area contributed by atoms with Gasteiger partial charge in [0.15, 0.2) is 22.5 Å². The monoisotopic (exact) mass is 543 g/mol. The van der Waals surface area contributed by atoms with E-state index in [-0.39, 0.29) is 11.7 Å². The van der Waals surface area contributed by atoms with Crippen molar-refractivity contribution >= 4 is 39.3 Å². The van der Waals surface area contributed by atoms with Gasteiger partial charge in [-0.25, -0.2) is 5.43 Å². The number of halogens is 1. The maximum Gasteiger partial charge on any atom is 0.250 e. The van der Waals surface area contributed by atoms with Crippen molar-refractivity contribution in [2.75, 3.05) is 20.0 Å². The van der Waals surface area contributed by atoms with Crippen molar-refractivity contribution in [3.63, 3.8) is 0 Å². The smallest absolute Gasteiger partial charge is 0.250 e. The largest absolute Gasteiger partial charge is 0.493 e. The number of nitrogens with zero attached hydrogens (tertiary/aromatic N) is 4. The van der Waals surface area contributed by atoms with Crippen LogP contribution in [0.4, 0.5) is 0 Å². The Labute approximate surface area is 211 Å². The van der Waals surface area contributed by atoms with Crippen molar-refractivity contribution in [3.05, 3.63) is 64.7 Å². The number of hydrogen-bond acceptors (Lipinski definition) is 7. The van der Waals surface area contributed by atoms with Crippen molar-refractivity contribution in [2.24, 2.45) is 5.10 Å². The molecule has 0 radical (unpaired) electrons. The van der Waals surface area contributed by atoms with E-state index in [1.54, 1.807) is 20.3 Å². The van der Waals surface area contributed by atoms with Crippen LogP contribution in [0.1, 0.15) is 19.4 Å². The number of hydrazone groups is 1. The molecule has 1 aromatic heterocycles. The van der Waals surface area contributed by atoms with E-state index in [1.807, 2.05) is 54.8 Å². The fourth-order valence-corrected chi connectivity index (χ4v) is 4.05. The molecule has 0 aliphatic heterocycles. The first-order valence-electron chi connectivity index (χ1n) is 10.3. The average Bonchev–Trinajstić information content (AvgIpc) is 3.22. The average molecular weight is 544 g/mol. The summed E-state index contributed by atoms with van der Waals surface area (Å²) in [4.78, 5) is 12.5. The molecule has 10 heteroatoms. The normalized spacial score (nSPS) is 11.3. The molecule has 178 valence electrons. The van der Waals surface area contributed by atoms with E-state index in [9.17, 15) is 4.79 Å². The highest BCUT2D eigenvalue weighted by molar-refractivity contribution is 9.10. The van der Waals surface area contributed by atoms with Crippen LogP contribution >= 0.6 is 27.7 Å². The van der Waals surface area contributed by atoms with E-state index in [0.29, 0.717) is 28.9 Å². The number of amides is 1. The first-order chi connectivity index (χ1) is 16.3. The third-order valence-electron chi connectivity index (χ3n) is 4.73. The van der Waals surface area contributed by atoms with Gasteiger partial charge in [0.05, 0.1) is 25.7 Å². The van der Waals surface area contributed by atoms with E-state index >= 15 is 0 Å². The summed E-state index contributed by atoms with van der Waals surface area (Å²) in [5.41, 5.74) is 5.94. The summed E-state index contributed by atoms with van der Waals surface area (Å²) in [5, 5.41) is 13.5. The van der Waals surface area contributed by atoms with Crippen LogP contribution in [0.15, 0.2) is 69.3 Å². The Kier molecular flexibility index (Phi) is 8.89. The molecule has 0 aliphatic carbocycles. The number of aromatic nitrogens is 3. The van der Waals surface area contributed by atoms with Gasteiger partial charge in [-0.3, -0.25) is 9.36 Å². The van der Waals surface area contributed by atoms with Crippen molar-refractivity contribution in [2.45, 2.75) is 25.5 Å². The van der Waals surface area contributed by atoms with Gasteiger partial charge >= 0.3 is 0 Å². The summed E-state index contributed by atoms with van der Waals surface area (Å²) in [6.45, 7) is 8.31. The highest BCUT2D eigenvalue weighted by atomic mass is 79.9.